The van der Waals surface area contributed by atoms with Crippen LogP contribution >= 0.6 is 0 Å². The molecule has 5 aromatic rings. The monoisotopic (exact) mass is 467 g/mol. The molecule has 0 atom stereocenters. The lowest BCUT2D eigenvalue weighted by Gasteiger charge is -2.16. The summed E-state index contributed by atoms with van der Waals surface area (Å²) in [5.74, 6) is 1.58. The Morgan fingerprint density at radius 3 is 2.46 bits per heavy atom. The van der Waals surface area contributed by atoms with Gasteiger partial charge in [-0.3, -0.25) is 9.36 Å². The molecular weight excluding hydrogens is 442 g/mol. The van der Waals surface area contributed by atoms with Gasteiger partial charge in [0.2, 0.25) is 0 Å². The van der Waals surface area contributed by atoms with Crippen molar-refractivity contribution in [3.05, 3.63) is 94.2 Å². The van der Waals surface area contributed by atoms with E-state index in [0.717, 1.165) is 28.1 Å². The summed E-state index contributed by atoms with van der Waals surface area (Å²) in [5.41, 5.74) is 5.01. The molecule has 8 nitrogen and oxygen atoms in total. The Morgan fingerprint density at radius 2 is 1.69 bits per heavy atom. The number of ether oxygens (including phenoxy) is 2. The van der Waals surface area contributed by atoms with Crippen LogP contribution in [0.25, 0.3) is 27.8 Å². The van der Waals surface area contributed by atoms with Crippen LogP contribution in [0.3, 0.4) is 0 Å². The first-order valence-electron chi connectivity index (χ1n) is 11.2. The summed E-state index contributed by atoms with van der Waals surface area (Å²) >= 11 is 0. The lowest BCUT2D eigenvalue weighted by molar-refractivity contribution is 0.355. The van der Waals surface area contributed by atoms with E-state index in [-0.39, 0.29) is 5.56 Å². The van der Waals surface area contributed by atoms with Crippen molar-refractivity contribution in [2.45, 2.75) is 20.4 Å². The molecule has 8 heteroatoms. The molecular formula is C27H25N5O3. The van der Waals surface area contributed by atoms with Crippen LogP contribution in [0.5, 0.6) is 11.5 Å². The summed E-state index contributed by atoms with van der Waals surface area (Å²) < 4.78 is 14.2. The average Bonchev–Trinajstić information content (AvgIpc) is 3.33. The number of aromatic nitrogens is 5. The second-order valence-electron chi connectivity index (χ2n) is 8.32. The Bertz CT molecular complexity index is 1600. The van der Waals surface area contributed by atoms with Crippen LogP contribution in [-0.2, 0) is 6.54 Å². The van der Waals surface area contributed by atoms with Crippen LogP contribution < -0.4 is 15.0 Å². The smallest absolute Gasteiger partial charge is 0.266 e. The Balaban J connectivity index is 1.58. The van der Waals surface area contributed by atoms with Gasteiger partial charge in [0.15, 0.2) is 11.5 Å². The van der Waals surface area contributed by atoms with Crippen molar-refractivity contribution >= 4 is 10.9 Å². The van der Waals surface area contributed by atoms with E-state index < -0.39 is 0 Å². The lowest BCUT2D eigenvalue weighted by Crippen LogP contribution is -2.24. The third-order valence-corrected chi connectivity index (χ3v) is 5.96. The fraction of sp³-hybridized carbons (Fsp3) is 0.185. The molecule has 0 saturated heterocycles. The first-order chi connectivity index (χ1) is 17.0. The first-order valence-corrected chi connectivity index (χ1v) is 11.2. The van der Waals surface area contributed by atoms with Gasteiger partial charge in [0.05, 0.1) is 43.6 Å². The number of aryl methyl sites for hydroxylation is 2. The zero-order valence-corrected chi connectivity index (χ0v) is 20.0. The lowest BCUT2D eigenvalue weighted by atomic mass is 10.1. The minimum Gasteiger partial charge on any atom is -0.493 e. The van der Waals surface area contributed by atoms with Gasteiger partial charge in [-0.2, -0.15) is 0 Å². The molecule has 3 aromatic carbocycles. The van der Waals surface area contributed by atoms with Crippen LogP contribution in [0.4, 0.5) is 0 Å². The van der Waals surface area contributed by atoms with Crippen molar-refractivity contribution in [3.63, 3.8) is 0 Å². The normalized spacial score (nSPS) is 11.1. The highest BCUT2D eigenvalue weighted by atomic mass is 16.5. The summed E-state index contributed by atoms with van der Waals surface area (Å²) in [6, 6.07) is 19.3. The molecule has 2 heterocycles. The van der Waals surface area contributed by atoms with Gasteiger partial charge in [-0.05, 0) is 37.6 Å². The molecule has 0 aliphatic carbocycles. The van der Waals surface area contributed by atoms with Crippen molar-refractivity contribution in [1.29, 1.82) is 0 Å². The van der Waals surface area contributed by atoms with Gasteiger partial charge in [-0.25, -0.2) is 9.67 Å². The summed E-state index contributed by atoms with van der Waals surface area (Å²) in [6.45, 7) is 4.32. The average molecular weight is 468 g/mol. The summed E-state index contributed by atoms with van der Waals surface area (Å²) in [6.07, 6.45) is 1.91. The van der Waals surface area contributed by atoms with Crippen molar-refractivity contribution in [2.75, 3.05) is 14.2 Å². The van der Waals surface area contributed by atoms with E-state index in [1.807, 2.05) is 62.5 Å². The molecule has 0 aliphatic heterocycles. The number of methoxy groups -OCH3 is 2. The van der Waals surface area contributed by atoms with Crippen LogP contribution in [-0.4, -0.2) is 38.8 Å². The van der Waals surface area contributed by atoms with Crippen LogP contribution in [0, 0.1) is 13.8 Å². The zero-order valence-electron chi connectivity index (χ0n) is 20.0. The van der Waals surface area contributed by atoms with Gasteiger partial charge in [0, 0.05) is 11.6 Å². The Hall–Kier alpha value is -4.46. The molecule has 0 amide bonds. The molecule has 176 valence electrons. The number of rotatable bonds is 6. The highest BCUT2D eigenvalue weighted by Gasteiger charge is 2.16. The van der Waals surface area contributed by atoms with Gasteiger partial charge in [-0.1, -0.05) is 47.2 Å². The molecule has 5 rings (SSSR count). The predicted molar refractivity (Wildman–Crippen MR) is 134 cm³/mol. The van der Waals surface area contributed by atoms with Gasteiger partial charge in [0.25, 0.3) is 5.56 Å². The highest BCUT2D eigenvalue weighted by molar-refractivity contribution is 5.82. The fourth-order valence-electron chi connectivity index (χ4n) is 4.26. The largest absolute Gasteiger partial charge is 0.493 e. The molecule has 0 aliphatic rings. The minimum absolute atomic E-state index is 0.181. The Labute approximate surface area is 202 Å². The second-order valence-corrected chi connectivity index (χ2v) is 8.32. The van der Waals surface area contributed by atoms with E-state index in [0.29, 0.717) is 34.8 Å². The van der Waals surface area contributed by atoms with Gasteiger partial charge >= 0.3 is 0 Å². The fourth-order valence-corrected chi connectivity index (χ4v) is 4.26. The maximum Gasteiger partial charge on any atom is 0.266 e. The highest BCUT2D eigenvalue weighted by Crippen LogP contribution is 2.30. The van der Waals surface area contributed by atoms with Gasteiger partial charge < -0.3 is 9.47 Å². The van der Waals surface area contributed by atoms with E-state index in [4.69, 9.17) is 9.47 Å². The maximum absolute atomic E-state index is 13.6. The standard InChI is InChI=1S/C27H25N5O3/c1-17-8-7-10-19(12-17)23-16-31(30-29-23)15-20-9-5-6-11-24(20)32-18(2)28-22-14-26(35-4)25(34-3)13-21(22)27(32)33/h5-14,16H,15H2,1-4H3. The number of benzene rings is 3. The number of nitrogens with zero attached hydrogens (tertiary/aromatic N) is 5. The minimum atomic E-state index is -0.181. The van der Waals surface area contributed by atoms with E-state index in [1.54, 1.807) is 35.6 Å². The van der Waals surface area contributed by atoms with Gasteiger partial charge in [-0.15, -0.1) is 5.10 Å². The summed E-state index contributed by atoms with van der Waals surface area (Å²) in [7, 11) is 3.10. The molecule has 2 aromatic heterocycles. The second kappa shape index (κ2) is 9.06. The number of fused-ring (bicyclic) bond motifs is 1. The topological polar surface area (TPSA) is 84.1 Å². The van der Waals surface area contributed by atoms with E-state index in [9.17, 15) is 4.79 Å². The van der Waals surface area contributed by atoms with Crippen molar-refractivity contribution < 1.29 is 9.47 Å². The van der Waals surface area contributed by atoms with Crippen LogP contribution in [0.1, 0.15) is 17.0 Å². The third-order valence-electron chi connectivity index (χ3n) is 5.96. The van der Waals surface area contributed by atoms with Crippen LogP contribution in [0.2, 0.25) is 0 Å². The molecule has 35 heavy (non-hydrogen) atoms. The third kappa shape index (κ3) is 4.14. The predicted octanol–water partition coefficient (Wildman–Crippen LogP) is 4.33. The summed E-state index contributed by atoms with van der Waals surface area (Å²) in [5, 5.41) is 9.12. The molecule has 0 N–H and O–H groups in total. The molecule has 0 saturated carbocycles. The maximum atomic E-state index is 13.6. The molecule has 0 fully saturated rings. The number of hydrogen-bond acceptors (Lipinski definition) is 6. The quantitative estimate of drug-likeness (QED) is 0.370. The molecule has 0 radical (unpaired) electrons. The van der Waals surface area contributed by atoms with Crippen molar-refractivity contribution in [2.24, 2.45) is 0 Å². The molecule has 0 unspecified atom stereocenters. The van der Waals surface area contributed by atoms with E-state index in [2.05, 4.69) is 21.4 Å². The molecule has 0 bridgehead atoms. The number of hydrogen-bond donors (Lipinski definition) is 0. The number of para-hydroxylation sites is 1. The SMILES string of the molecule is COc1cc2nc(C)n(-c3ccccc3Cn3cc(-c4cccc(C)c4)nn3)c(=O)c2cc1OC. The zero-order chi connectivity index (χ0) is 24.5. The van der Waals surface area contributed by atoms with E-state index in [1.165, 1.54) is 0 Å². The van der Waals surface area contributed by atoms with Crippen LogP contribution in [0.15, 0.2) is 71.7 Å². The Morgan fingerprint density at radius 1 is 0.914 bits per heavy atom. The Kier molecular flexibility index (Phi) is 5.78. The van der Waals surface area contributed by atoms with Gasteiger partial charge in [0.1, 0.15) is 11.5 Å². The first kappa shape index (κ1) is 22.3. The molecule has 0 spiro atoms. The van der Waals surface area contributed by atoms with Crippen molar-refractivity contribution in [1.82, 2.24) is 24.5 Å². The van der Waals surface area contributed by atoms with Crippen molar-refractivity contribution in [3.8, 4) is 28.4 Å². The van der Waals surface area contributed by atoms with E-state index >= 15 is 0 Å². The summed E-state index contributed by atoms with van der Waals surface area (Å²) in [4.78, 5) is 18.3.